The zero-order valence-corrected chi connectivity index (χ0v) is 5.92. The number of nitrogens with one attached hydrogen (secondary N) is 1. The van der Waals surface area contributed by atoms with E-state index in [9.17, 15) is 4.79 Å². The Morgan fingerprint density at radius 1 is 1.90 bits per heavy atom. The van der Waals surface area contributed by atoms with E-state index in [1.165, 1.54) is 0 Å². The van der Waals surface area contributed by atoms with Crippen LogP contribution in [0.2, 0.25) is 0 Å². The first-order valence-corrected chi connectivity index (χ1v) is 3.43. The van der Waals surface area contributed by atoms with Crippen LogP contribution in [-0.2, 0) is 4.79 Å². The predicted molar refractivity (Wildman–Crippen MR) is 35.9 cm³/mol. The highest BCUT2D eigenvalue weighted by atomic mass is 16.1. The van der Waals surface area contributed by atoms with Crippen molar-refractivity contribution < 1.29 is 4.79 Å². The molecule has 1 amide bonds. The molecular weight excluding hydrogens is 128 g/mol. The molecule has 2 unspecified atom stereocenters. The molecule has 0 radical (unpaired) electrons. The Morgan fingerprint density at radius 3 is 3.00 bits per heavy atom. The van der Waals surface area contributed by atoms with Crippen molar-refractivity contribution in [3.8, 4) is 6.07 Å². The summed E-state index contributed by atoms with van der Waals surface area (Å²) in [6, 6.07) is 2.21. The molecule has 1 aliphatic rings. The Labute approximate surface area is 60.0 Å². The molecule has 0 aromatic heterocycles. The Morgan fingerprint density at radius 2 is 2.60 bits per heavy atom. The molecule has 3 nitrogen and oxygen atoms in total. The summed E-state index contributed by atoms with van der Waals surface area (Å²) < 4.78 is 0. The summed E-state index contributed by atoms with van der Waals surface area (Å²) in [4.78, 5) is 10.7. The molecule has 0 aromatic carbocycles. The number of rotatable bonds is 1. The zero-order valence-electron chi connectivity index (χ0n) is 5.92. The Balaban J connectivity index is 2.46. The van der Waals surface area contributed by atoms with Crippen LogP contribution in [-0.4, -0.2) is 11.9 Å². The van der Waals surface area contributed by atoms with E-state index in [-0.39, 0.29) is 17.9 Å². The van der Waals surface area contributed by atoms with Gasteiger partial charge in [-0.25, -0.2) is 0 Å². The fourth-order valence-corrected chi connectivity index (χ4v) is 1.10. The van der Waals surface area contributed by atoms with Gasteiger partial charge in [-0.15, -0.1) is 0 Å². The van der Waals surface area contributed by atoms with Crippen LogP contribution in [0.15, 0.2) is 0 Å². The third-order valence-corrected chi connectivity index (χ3v) is 1.84. The summed E-state index contributed by atoms with van der Waals surface area (Å²) in [6.07, 6.45) is 1.39. The summed E-state index contributed by atoms with van der Waals surface area (Å²) in [5.74, 6) is 0.0264. The largest absolute Gasteiger partial charge is 0.352 e. The van der Waals surface area contributed by atoms with Gasteiger partial charge in [0.05, 0.1) is 12.0 Å². The first-order chi connectivity index (χ1) is 4.74. The lowest BCUT2D eigenvalue weighted by Gasteiger charge is -2.10. The SMILES string of the molecule is CC(C#N)C1CCC(=O)N1. The standard InChI is InChI=1S/C7H10N2O/c1-5(4-8)6-2-3-7(10)9-6/h5-6H,2-3H2,1H3,(H,9,10). The molecule has 2 atom stereocenters. The van der Waals surface area contributed by atoms with Crippen LogP contribution in [0.4, 0.5) is 0 Å². The second-order valence-electron chi connectivity index (χ2n) is 2.63. The van der Waals surface area contributed by atoms with E-state index in [0.29, 0.717) is 6.42 Å². The highest BCUT2D eigenvalue weighted by molar-refractivity contribution is 5.78. The topological polar surface area (TPSA) is 52.9 Å². The molecule has 3 heteroatoms. The third kappa shape index (κ3) is 1.27. The molecule has 1 fully saturated rings. The van der Waals surface area contributed by atoms with Crippen LogP contribution in [0.1, 0.15) is 19.8 Å². The van der Waals surface area contributed by atoms with Crippen LogP contribution in [0.3, 0.4) is 0 Å². The maximum Gasteiger partial charge on any atom is 0.220 e. The first-order valence-electron chi connectivity index (χ1n) is 3.43. The number of carbonyl (C=O) groups is 1. The summed E-state index contributed by atoms with van der Waals surface area (Å²) in [6.45, 7) is 1.83. The van der Waals surface area contributed by atoms with E-state index < -0.39 is 0 Å². The van der Waals surface area contributed by atoms with Crippen LogP contribution >= 0.6 is 0 Å². The van der Waals surface area contributed by atoms with Crippen molar-refractivity contribution >= 4 is 5.91 Å². The molecule has 1 saturated heterocycles. The van der Waals surface area contributed by atoms with Gasteiger partial charge in [0.15, 0.2) is 0 Å². The molecule has 1 N–H and O–H groups in total. The lowest BCUT2D eigenvalue weighted by molar-refractivity contribution is -0.119. The quantitative estimate of drug-likeness (QED) is 0.571. The smallest absolute Gasteiger partial charge is 0.220 e. The highest BCUT2D eigenvalue weighted by Crippen LogP contribution is 2.13. The fourth-order valence-electron chi connectivity index (χ4n) is 1.10. The van der Waals surface area contributed by atoms with Gasteiger partial charge in [0.1, 0.15) is 0 Å². The predicted octanol–water partition coefficient (Wildman–Crippen LogP) is 0.425. The maximum atomic E-state index is 10.7. The minimum Gasteiger partial charge on any atom is -0.352 e. The number of hydrogen-bond donors (Lipinski definition) is 1. The second-order valence-corrected chi connectivity index (χ2v) is 2.63. The van der Waals surface area contributed by atoms with Gasteiger partial charge >= 0.3 is 0 Å². The van der Waals surface area contributed by atoms with Crippen LogP contribution in [0.5, 0.6) is 0 Å². The lowest BCUT2D eigenvalue weighted by Crippen LogP contribution is -2.30. The van der Waals surface area contributed by atoms with Crippen molar-refractivity contribution in [2.45, 2.75) is 25.8 Å². The van der Waals surface area contributed by atoms with Gasteiger partial charge in [-0.05, 0) is 13.3 Å². The van der Waals surface area contributed by atoms with E-state index in [2.05, 4.69) is 11.4 Å². The molecule has 0 spiro atoms. The third-order valence-electron chi connectivity index (χ3n) is 1.84. The fraction of sp³-hybridized carbons (Fsp3) is 0.714. The average molecular weight is 138 g/mol. The molecule has 0 bridgehead atoms. The number of nitriles is 1. The van der Waals surface area contributed by atoms with Gasteiger partial charge in [0.2, 0.25) is 5.91 Å². The van der Waals surface area contributed by atoms with E-state index in [1.54, 1.807) is 0 Å². The molecule has 0 aromatic rings. The van der Waals surface area contributed by atoms with Crippen molar-refractivity contribution in [2.24, 2.45) is 5.92 Å². The van der Waals surface area contributed by atoms with E-state index in [4.69, 9.17) is 5.26 Å². The van der Waals surface area contributed by atoms with Crippen molar-refractivity contribution in [1.82, 2.24) is 5.32 Å². The highest BCUT2D eigenvalue weighted by Gasteiger charge is 2.25. The Bertz CT molecular complexity index is 183. The summed E-state index contributed by atoms with van der Waals surface area (Å²) in [7, 11) is 0. The minimum atomic E-state index is -0.0496. The number of amides is 1. The Hall–Kier alpha value is -1.04. The van der Waals surface area contributed by atoms with Crippen LogP contribution < -0.4 is 5.32 Å². The van der Waals surface area contributed by atoms with E-state index >= 15 is 0 Å². The summed E-state index contributed by atoms with van der Waals surface area (Å²) >= 11 is 0. The van der Waals surface area contributed by atoms with Crippen LogP contribution in [0, 0.1) is 17.2 Å². The lowest BCUT2D eigenvalue weighted by atomic mass is 10.0. The molecule has 0 aliphatic carbocycles. The molecule has 1 aliphatic heterocycles. The van der Waals surface area contributed by atoms with Crippen molar-refractivity contribution in [3.05, 3.63) is 0 Å². The normalized spacial score (nSPS) is 27.2. The number of hydrogen-bond acceptors (Lipinski definition) is 2. The van der Waals surface area contributed by atoms with Gasteiger partial charge in [0, 0.05) is 12.5 Å². The second kappa shape index (κ2) is 2.70. The maximum absolute atomic E-state index is 10.7. The van der Waals surface area contributed by atoms with Gasteiger partial charge in [0.25, 0.3) is 0 Å². The van der Waals surface area contributed by atoms with E-state index in [1.807, 2.05) is 6.92 Å². The monoisotopic (exact) mass is 138 g/mol. The van der Waals surface area contributed by atoms with Crippen molar-refractivity contribution in [1.29, 1.82) is 5.26 Å². The molecule has 54 valence electrons. The van der Waals surface area contributed by atoms with E-state index in [0.717, 1.165) is 6.42 Å². The summed E-state index contributed by atoms with van der Waals surface area (Å²) in [5, 5.41) is 11.2. The van der Waals surface area contributed by atoms with Crippen molar-refractivity contribution in [2.75, 3.05) is 0 Å². The van der Waals surface area contributed by atoms with Crippen molar-refractivity contribution in [3.63, 3.8) is 0 Å². The van der Waals surface area contributed by atoms with Gasteiger partial charge in [-0.3, -0.25) is 4.79 Å². The summed E-state index contributed by atoms with van der Waals surface area (Å²) in [5.41, 5.74) is 0. The van der Waals surface area contributed by atoms with Crippen LogP contribution in [0.25, 0.3) is 0 Å². The molecular formula is C7H10N2O. The molecule has 1 heterocycles. The van der Waals surface area contributed by atoms with Gasteiger partial charge in [-0.2, -0.15) is 5.26 Å². The molecule has 1 rings (SSSR count). The van der Waals surface area contributed by atoms with Gasteiger partial charge < -0.3 is 5.32 Å². The Kier molecular flexibility index (Phi) is 1.91. The number of carbonyl (C=O) groups excluding carboxylic acids is 1. The molecule has 0 saturated carbocycles. The average Bonchev–Trinajstić information content (AvgIpc) is 2.34. The number of nitrogens with zero attached hydrogens (tertiary/aromatic N) is 1. The zero-order chi connectivity index (χ0) is 7.56. The first kappa shape index (κ1) is 7.07. The minimum absolute atomic E-state index is 0.0496. The molecule has 10 heavy (non-hydrogen) atoms. The van der Waals surface area contributed by atoms with Gasteiger partial charge in [-0.1, -0.05) is 0 Å².